The van der Waals surface area contributed by atoms with Gasteiger partial charge in [-0.05, 0) is 50.2 Å². The number of fused-ring (bicyclic) bond motifs is 1. The molecule has 0 bridgehead atoms. The number of ether oxygens (including phenoxy) is 1. The fraction of sp³-hybridized carbons (Fsp3) is 0.364. The molecule has 2 aromatic carbocycles. The van der Waals surface area contributed by atoms with E-state index in [-0.39, 0.29) is 45.5 Å². The van der Waals surface area contributed by atoms with E-state index in [0.717, 1.165) is 0 Å². The Morgan fingerprint density at radius 3 is 2.66 bits per heavy atom. The van der Waals surface area contributed by atoms with Crippen LogP contribution in [0.2, 0.25) is 10.0 Å². The average molecular weight is 556 g/mol. The second-order valence-corrected chi connectivity index (χ2v) is 8.68. The quantitative estimate of drug-likeness (QED) is 0.229. The maximum absolute atomic E-state index is 14.9. The first-order valence-electron chi connectivity index (χ1n) is 10.4. The lowest BCUT2D eigenvalue weighted by Gasteiger charge is -2.33. The highest BCUT2D eigenvalue weighted by atomic mass is 35.5. The summed E-state index contributed by atoms with van der Waals surface area (Å²) in [4.78, 5) is 11.8. The van der Waals surface area contributed by atoms with Gasteiger partial charge < -0.3 is 15.4 Å². The Hall–Kier alpha value is -2.27. The predicted molar refractivity (Wildman–Crippen MR) is 128 cm³/mol. The second kappa shape index (κ2) is 10.4. The van der Waals surface area contributed by atoms with Crippen LogP contribution in [0.15, 0.2) is 30.3 Å². The third kappa shape index (κ3) is 5.30. The number of halogens is 7. The molecule has 13 heteroatoms. The van der Waals surface area contributed by atoms with Crippen molar-refractivity contribution in [3.05, 3.63) is 57.5 Å². The lowest BCUT2D eigenvalue weighted by Crippen LogP contribution is -2.39. The molecule has 2 heterocycles. The molecule has 1 atom stereocenters. The highest BCUT2D eigenvalue weighted by Crippen LogP contribution is 2.42. The van der Waals surface area contributed by atoms with E-state index >= 15 is 0 Å². The Balaban J connectivity index is 0.00000342. The van der Waals surface area contributed by atoms with Gasteiger partial charge in [0.15, 0.2) is 5.69 Å². The van der Waals surface area contributed by atoms with Crippen LogP contribution in [0.3, 0.4) is 0 Å². The van der Waals surface area contributed by atoms with E-state index < -0.39 is 35.7 Å². The Labute approximate surface area is 214 Å². The van der Waals surface area contributed by atoms with Crippen molar-refractivity contribution in [2.45, 2.75) is 31.6 Å². The van der Waals surface area contributed by atoms with Crippen LogP contribution >= 0.6 is 35.6 Å². The van der Waals surface area contributed by atoms with Gasteiger partial charge in [-0.1, -0.05) is 23.2 Å². The molecule has 3 aromatic rings. The Kier molecular flexibility index (Phi) is 8.10. The number of carbonyl (C=O) groups is 1. The summed E-state index contributed by atoms with van der Waals surface area (Å²) in [6.07, 6.45) is -4.29. The van der Waals surface area contributed by atoms with Crippen LogP contribution < -0.4 is 10.6 Å². The first-order chi connectivity index (χ1) is 16.1. The van der Waals surface area contributed by atoms with Crippen molar-refractivity contribution in [2.75, 3.05) is 25.0 Å². The van der Waals surface area contributed by atoms with E-state index in [1.165, 1.54) is 30.3 Å². The maximum atomic E-state index is 14.9. The first kappa shape index (κ1) is 27.3. The summed E-state index contributed by atoms with van der Waals surface area (Å²) < 4.78 is 61.6. The lowest BCUT2D eigenvalue weighted by atomic mass is 9.88. The third-order valence-electron chi connectivity index (χ3n) is 5.65. The van der Waals surface area contributed by atoms with Gasteiger partial charge in [0.25, 0.3) is 0 Å². The van der Waals surface area contributed by atoms with Crippen molar-refractivity contribution in [1.29, 1.82) is 0 Å². The highest BCUT2D eigenvalue weighted by Gasteiger charge is 2.41. The number of carbonyl (C=O) groups excluding carboxylic acids is 1. The number of nitrogens with zero attached hydrogens (tertiary/aromatic N) is 2. The topological polar surface area (TPSA) is 68.2 Å². The number of nitrogens with one attached hydrogen (secondary N) is 2. The van der Waals surface area contributed by atoms with Gasteiger partial charge in [-0.2, -0.15) is 18.3 Å². The SMILES string of the molecule is CCOC(=O)Cn1nc2cc(NC3(c4c(F)ccc(Cl)c4Cl)CCNC3)ccc2c1C(F)(F)F.Cl. The van der Waals surface area contributed by atoms with Gasteiger partial charge in [-0.15, -0.1) is 12.4 Å². The molecule has 190 valence electrons. The minimum absolute atomic E-state index is 0. The molecule has 1 aromatic heterocycles. The summed E-state index contributed by atoms with van der Waals surface area (Å²) in [6, 6.07) is 6.72. The molecule has 0 radical (unpaired) electrons. The van der Waals surface area contributed by atoms with Crippen molar-refractivity contribution in [3.8, 4) is 0 Å². The van der Waals surface area contributed by atoms with Gasteiger partial charge in [0.1, 0.15) is 12.4 Å². The van der Waals surface area contributed by atoms with Crippen molar-refractivity contribution in [3.63, 3.8) is 0 Å². The number of rotatable bonds is 6. The van der Waals surface area contributed by atoms with Gasteiger partial charge in [-0.3, -0.25) is 4.79 Å². The Morgan fingerprint density at radius 1 is 1.29 bits per heavy atom. The van der Waals surface area contributed by atoms with Crippen LogP contribution in [0.5, 0.6) is 0 Å². The zero-order valence-electron chi connectivity index (χ0n) is 18.3. The Bertz CT molecular complexity index is 1240. The van der Waals surface area contributed by atoms with Crippen LogP contribution in [0.25, 0.3) is 10.9 Å². The van der Waals surface area contributed by atoms with Crippen molar-refractivity contribution in [1.82, 2.24) is 15.1 Å². The number of benzene rings is 2. The van der Waals surface area contributed by atoms with E-state index in [4.69, 9.17) is 27.9 Å². The molecule has 6 nitrogen and oxygen atoms in total. The molecule has 0 amide bonds. The van der Waals surface area contributed by atoms with E-state index in [2.05, 4.69) is 15.7 Å². The van der Waals surface area contributed by atoms with Crippen molar-refractivity contribution >= 4 is 58.2 Å². The van der Waals surface area contributed by atoms with Crippen LogP contribution in [0.1, 0.15) is 24.6 Å². The molecule has 1 unspecified atom stereocenters. The molecule has 1 aliphatic heterocycles. The van der Waals surface area contributed by atoms with Gasteiger partial charge in [-0.25, -0.2) is 9.07 Å². The maximum Gasteiger partial charge on any atom is 0.433 e. The Morgan fingerprint density at radius 2 is 2.03 bits per heavy atom. The lowest BCUT2D eigenvalue weighted by molar-refractivity contribution is -0.148. The molecule has 35 heavy (non-hydrogen) atoms. The molecule has 2 N–H and O–H groups in total. The van der Waals surface area contributed by atoms with Gasteiger partial charge in [0.05, 0.1) is 27.7 Å². The van der Waals surface area contributed by atoms with E-state index in [9.17, 15) is 22.4 Å². The molecule has 0 aliphatic carbocycles. The van der Waals surface area contributed by atoms with Crippen LogP contribution in [-0.4, -0.2) is 35.4 Å². The standard InChI is InChI=1S/C22H20Cl2F4N4O2.ClH/c1-2-34-17(33)10-32-20(22(26,27)28)13-4-3-12(9-16(13)31-32)30-21(7-8-29-11-21)18-15(25)6-5-14(23)19(18)24;/h3-6,9,29-30H,2,7-8,10-11H2,1H3;1H. The number of aromatic nitrogens is 2. The van der Waals surface area contributed by atoms with Crippen LogP contribution in [0.4, 0.5) is 23.2 Å². The smallest absolute Gasteiger partial charge is 0.433 e. The molecule has 1 aliphatic rings. The van der Waals surface area contributed by atoms with Crippen molar-refractivity contribution < 1.29 is 27.1 Å². The van der Waals surface area contributed by atoms with E-state index in [1.807, 2.05) is 0 Å². The summed E-state index contributed by atoms with van der Waals surface area (Å²) in [5.74, 6) is -1.38. The molecular formula is C22H21Cl3F4N4O2. The first-order valence-corrected chi connectivity index (χ1v) is 11.2. The summed E-state index contributed by atoms with van der Waals surface area (Å²) >= 11 is 12.5. The highest BCUT2D eigenvalue weighted by molar-refractivity contribution is 6.42. The number of alkyl halides is 3. The van der Waals surface area contributed by atoms with Crippen molar-refractivity contribution in [2.24, 2.45) is 0 Å². The minimum Gasteiger partial charge on any atom is -0.465 e. The normalized spacial score (nSPS) is 17.9. The number of hydrogen-bond acceptors (Lipinski definition) is 5. The monoisotopic (exact) mass is 554 g/mol. The largest absolute Gasteiger partial charge is 0.465 e. The van der Waals surface area contributed by atoms with Gasteiger partial charge in [0.2, 0.25) is 0 Å². The zero-order chi connectivity index (χ0) is 24.7. The molecular weight excluding hydrogens is 535 g/mol. The molecule has 0 spiro atoms. The average Bonchev–Trinajstić information content (AvgIpc) is 3.35. The molecule has 1 saturated heterocycles. The fourth-order valence-electron chi connectivity index (χ4n) is 4.27. The van der Waals surface area contributed by atoms with E-state index in [0.29, 0.717) is 29.9 Å². The number of anilines is 1. The third-order valence-corrected chi connectivity index (χ3v) is 6.46. The van der Waals surface area contributed by atoms with Crippen LogP contribution in [0, 0.1) is 5.82 Å². The van der Waals surface area contributed by atoms with Crippen LogP contribution in [-0.2, 0) is 27.8 Å². The van der Waals surface area contributed by atoms with E-state index in [1.54, 1.807) is 6.92 Å². The molecule has 1 fully saturated rings. The minimum atomic E-state index is -4.75. The van der Waals surface area contributed by atoms with Gasteiger partial charge in [0, 0.05) is 23.2 Å². The fourth-order valence-corrected chi connectivity index (χ4v) is 4.76. The number of esters is 1. The predicted octanol–water partition coefficient (Wildman–Crippen LogP) is 5.79. The summed E-state index contributed by atoms with van der Waals surface area (Å²) in [5.41, 5.74) is -1.44. The molecule has 0 saturated carbocycles. The summed E-state index contributed by atoms with van der Waals surface area (Å²) in [5, 5.41) is 10.5. The zero-order valence-corrected chi connectivity index (χ0v) is 20.6. The van der Waals surface area contributed by atoms with Gasteiger partial charge >= 0.3 is 12.1 Å². The molecule has 4 rings (SSSR count). The second-order valence-electron chi connectivity index (χ2n) is 7.89. The summed E-state index contributed by atoms with van der Waals surface area (Å²) in [6.45, 7) is 1.78. The summed E-state index contributed by atoms with van der Waals surface area (Å²) in [7, 11) is 0. The number of hydrogen-bond donors (Lipinski definition) is 2.